The van der Waals surface area contributed by atoms with Gasteiger partial charge in [-0.2, -0.15) is 4.31 Å². The Kier molecular flexibility index (Phi) is 4.81. The topological polar surface area (TPSA) is 95.7 Å². The summed E-state index contributed by atoms with van der Waals surface area (Å²) in [7, 11) is -3.18. The summed E-state index contributed by atoms with van der Waals surface area (Å²) >= 11 is 0. The molecule has 0 aliphatic carbocycles. The van der Waals surface area contributed by atoms with Crippen molar-refractivity contribution in [3.8, 4) is 0 Å². The maximum absolute atomic E-state index is 12.1. The van der Waals surface area contributed by atoms with Gasteiger partial charge in [0.15, 0.2) is 0 Å². The van der Waals surface area contributed by atoms with E-state index in [-0.39, 0.29) is 6.03 Å². The second-order valence-electron chi connectivity index (χ2n) is 4.98. The van der Waals surface area contributed by atoms with Gasteiger partial charge in [-0.15, -0.1) is 0 Å². The summed E-state index contributed by atoms with van der Waals surface area (Å²) in [6.45, 7) is 1.84. The lowest BCUT2D eigenvalue weighted by molar-refractivity contribution is 0.184. The highest BCUT2D eigenvalue weighted by Crippen LogP contribution is 2.12. The maximum Gasteiger partial charge on any atom is 0.321 e. The molecule has 0 atom stereocenters. The van der Waals surface area contributed by atoms with Gasteiger partial charge < -0.3 is 16.0 Å². The molecule has 1 aliphatic rings. The van der Waals surface area contributed by atoms with Gasteiger partial charge in [-0.05, 0) is 17.7 Å². The van der Waals surface area contributed by atoms with Gasteiger partial charge in [0.1, 0.15) is 0 Å². The first-order valence-electron chi connectivity index (χ1n) is 6.70. The van der Waals surface area contributed by atoms with E-state index in [4.69, 9.17) is 5.73 Å². The molecule has 1 aromatic rings. The molecule has 2 amide bonds. The fourth-order valence-electron chi connectivity index (χ4n) is 2.20. The number of nitrogens with zero attached hydrogens (tertiary/aromatic N) is 2. The fraction of sp³-hybridized carbons (Fsp3) is 0.462. The molecule has 0 bridgehead atoms. The molecule has 7 nitrogen and oxygen atoms in total. The van der Waals surface area contributed by atoms with Crippen molar-refractivity contribution in [2.45, 2.75) is 6.54 Å². The van der Waals surface area contributed by atoms with Crippen LogP contribution in [0.4, 0.5) is 10.5 Å². The van der Waals surface area contributed by atoms with Crippen molar-refractivity contribution in [1.29, 1.82) is 0 Å². The van der Waals surface area contributed by atoms with E-state index >= 15 is 0 Å². The minimum atomic E-state index is -3.18. The van der Waals surface area contributed by atoms with E-state index in [0.717, 1.165) is 5.56 Å². The van der Waals surface area contributed by atoms with Crippen LogP contribution in [0.5, 0.6) is 0 Å². The Balaban J connectivity index is 1.93. The van der Waals surface area contributed by atoms with E-state index in [1.54, 1.807) is 11.0 Å². The van der Waals surface area contributed by atoms with Crippen molar-refractivity contribution in [1.82, 2.24) is 9.21 Å². The molecule has 116 valence electrons. The smallest absolute Gasteiger partial charge is 0.321 e. The zero-order valence-electron chi connectivity index (χ0n) is 11.9. The van der Waals surface area contributed by atoms with Crippen molar-refractivity contribution in [3.63, 3.8) is 0 Å². The van der Waals surface area contributed by atoms with Crippen LogP contribution >= 0.6 is 0 Å². The molecule has 8 heteroatoms. The molecule has 1 aromatic carbocycles. The van der Waals surface area contributed by atoms with Crippen LogP contribution in [0.2, 0.25) is 0 Å². The van der Waals surface area contributed by atoms with Gasteiger partial charge in [-0.3, -0.25) is 0 Å². The fourth-order valence-corrected chi connectivity index (χ4v) is 3.03. The Morgan fingerprint density at radius 1 is 1.29 bits per heavy atom. The summed E-state index contributed by atoms with van der Waals surface area (Å²) in [5.74, 6) is 0. The number of amides is 2. The molecular weight excluding hydrogens is 292 g/mol. The Labute approximate surface area is 124 Å². The van der Waals surface area contributed by atoms with Gasteiger partial charge in [-0.25, -0.2) is 13.2 Å². The van der Waals surface area contributed by atoms with Crippen molar-refractivity contribution in [2.75, 3.05) is 37.8 Å². The summed E-state index contributed by atoms with van der Waals surface area (Å²) in [6, 6.07) is 7.12. The second-order valence-corrected chi connectivity index (χ2v) is 6.97. The van der Waals surface area contributed by atoms with E-state index in [1.807, 2.05) is 18.2 Å². The number of benzene rings is 1. The molecule has 0 aromatic heterocycles. The Morgan fingerprint density at radius 2 is 1.95 bits per heavy atom. The van der Waals surface area contributed by atoms with E-state index in [2.05, 4.69) is 5.32 Å². The largest absolute Gasteiger partial charge is 0.326 e. The predicted molar refractivity (Wildman–Crippen MR) is 81.3 cm³/mol. The van der Waals surface area contributed by atoms with Crippen molar-refractivity contribution in [2.24, 2.45) is 5.73 Å². The van der Waals surface area contributed by atoms with Gasteiger partial charge >= 0.3 is 6.03 Å². The van der Waals surface area contributed by atoms with Crippen molar-refractivity contribution in [3.05, 3.63) is 29.8 Å². The number of sulfonamides is 1. The van der Waals surface area contributed by atoms with Gasteiger partial charge in [0, 0.05) is 38.4 Å². The third-order valence-electron chi connectivity index (χ3n) is 3.41. The highest BCUT2D eigenvalue weighted by Gasteiger charge is 2.25. The number of anilines is 1. The van der Waals surface area contributed by atoms with Crippen LogP contribution in [0, 0.1) is 0 Å². The molecule has 21 heavy (non-hydrogen) atoms. The molecule has 0 radical (unpaired) electrons. The zero-order chi connectivity index (χ0) is 15.5. The first-order valence-corrected chi connectivity index (χ1v) is 8.55. The zero-order valence-corrected chi connectivity index (χ0v) is 12.8. The molecular formula is C13H20N4O3S. The van der Waals surface area contributed by atoms with Crippen LogP contribution in [-0.4, -0.2) is 56.1 Å². The lowest BCUT2D eigenvalue weighted by Crippen LogP contribution is -2.51. The third-order valence-corrected chi connectivity index (χ3v) is 4.71. The average Bonchev–Trinajstić information content (AvgIpc) is 2.46. The maximum atomic E-state index is 12.1. The molecule has 0 unspecified atom stereocenters. The molecule has 0 spiro atoms. The third kappa shape index (κ3) is 4.16. The van der Waals surface area contributed by atoms with Gasteiger partial charge in [0.2, 0.25) is 10.0 Å². The number of hydrogen-bond acceptors (Lipinski definition) is 4. The van der Waals surface area contributed by atoms with Crippen LogP contribution < -0.4 is 11.1 Å². The molecule has 1 aliphatic heterocycles. The number of carbonyl (C=O) groups excluding carboxylic acids is 1. The van der Waals surface area contributed by atoms with Crippen LogP contribution in [0.25, 0.3) is 0 Å². The summed E-state index contributed by atoms with van der Waals surface area (Å²) in [5, 5.41) is 2.80. The highest BCUT2D eigenvalue weighted by atomic mass is 32.2. The van der Waals surface area contributed by atoms with E-state index in [0.29, 0.717) is 38.4 Å². The number of nitrogens with two attached hydrogens (primary N) is 1. The summed E-state index contributed by atoms with van der Waals surface area (Å²) in [4.78, 5) is 13.7. The number of urea groups is 1. The molecule has 2 rings (SSSR count). The van der Waals surface area contributed by atoms with E-state index in [9.17, 15) is 13.2 Å². The first-order chi connectivity index (χ1) is 9.90. The second kappa shape index (κ2) is 6.42. The Hall–Kier alpha value is -1.64. The van der Waals surface area contributed by atoms with Gasteiger partial charge in [0.25, 0.3) is 0 Å². The van der Waals surface area contributed by atoms with E-state index in [1.165, 1.54) is 10.6 Å². The lowest BCUT2D eigenvalue weighted by Gasteiger charge is -2.33. The number of carbonyl (C=O) groups is 1. The normalized spacial score (nSPS) is 16.8. The number of rotatable bonds is 3. The first kappa shape index (κ1) is 15.7. The SMILES string of the molecule is CS(=O)(=O)N1CCN(C(=O)Nc2cccc(CN)c2)CC1. The number of hydrogen-bond donors (Lipinski definition) is 2. The summed E-state index contributed by atoms with van der Waals surface area (Å²) in [6.07, 6.45) is 1.18. The standard InChI is InChI=1S/C13H20N4O3S/c1-21(19,20)17-7-5-16(6-8-17)13(18)15-12-4-2-3-11(9-12)10-14/h2-4,9H,5-8,10,14H2,1H3,(H,15,18). The molecule has 3 N–H and O–H groups in total. The van der Waals surface area contributed by atoms with Crippen molar-refractivity contribution < 1.29 is 13.2 Å². The number of piperazine rings is 1. The van der Waals surface area contributed by atoms with Gasteiger partial charge in [-0.1, -0.05) is 12.1 Å². The lowest BCUT2D eigenvalue weighted by atomic mass is 10.2. The molecule has 1 heterocycles. The molecule has 1 fully saturated rings. The Bertz CT molecular complexity index is 610. The van der Waals surface area contributed by atoms with Crippen LogP contribution in [0.1, 0.15) is 5.56 Å². The monoisotopic (exact) mass is 312 g/mol. The quantitative estimate of drug-likeness (QED) is 0.836. The summed E-state index contributed by atoms with van der Waals surface area (Å²) < 4.78 is 24.2. The van der Waals surface area contributed by atoms with Gasteiger partial charge in [0.05, 0.1) is 6.26 Å². The van der Waals surface area contributed by atoms with Crippen LogP contribution in [0.15, 0.2) is 24.3 Å². The van der Waals surface area contributed by atoms with Crippen molar-refractivity contribution >= 4 is 21.7 Å². The van der Waals surface area contributed by atoms with Crippen LogP contribution in [-0.2, 0) is 16.6 Å². The number of nitrogens with one attached hydrogen (secondary N) is 1. The average molecular weight is 312 g/mol. The minimum absolute atomic E-state index is 0.225. The summed E-state index contributed by atoms with van der Waals surface area (Å²) in [5.41, 5.74) is 7.19. The van der Waals surface area contributed by atoms with Crippen LogP contribution in [0.3, 0.4) is 0 Å². The Morgan fingerprint density at radius 3 is 2.52 bits per heavy atom. The predicted octanol–water partition coefficient (Wildman–Crippen LogP) is 0.254. The highest BCUT2D eigenvalue weighted by molar-refractivity contribution is 7.88. The molecule has 1 saturated heterocycles. The minimum Gasteiger partial charge on any atom is -0.326 e. The molecule has 0 saturated carbocycles. The van der Waals surface area contributed by atoms with E-state index < -0.39 is 10.0 Å².